The second-order valence-electron chi connectivity index (χ2n) is 4.42. The van der Waals surface area contributed by atoms with Gasteiger partial charge in [0.25, 0.3) is 0 Å². The van der Waals surface area contributed by atoms with Crippen LogP contribution in [0.3, 0.4) is 0 Å². The second-order valence-corrected chi connectivity index (χ2v) is 4.42. The summed E-state index contributed by atoms with van der Waals surface area (Å²) in [5, 5.41) is 21.9. The first-order valence-corrected chi connectivity index (χ1v) is 6.35. The maximum atomic E-state index is 11.5. The third-order valence-corrected chi connectivity index (χ3v) is 2.98. The third kappa shape index (κ3) is 3.19. The summed E-state index contributed by atoms with van der Waals surface area (Å²) in [5.74, 6) is -0.0615. The van der Waals surface area contributed by atoms with Gasteiger partial charge in [-0.2, -0.15) is 0 Å². The van der Waals surface area contributed by atoms with E-state index in [0.717, 1.165) is 6.08 Å². The Morgan fingerprint density at radius 2 is 1.79 bits per heavy atom. The Hall–Kier alpha value is -3.76. The summed E-state index contributed by atoms with van der Waals surface area (Å²) in [4.78, 5) is 47.0. The lowest BCUT2D eigenvalue weighted by Gasteiger charge is -2.05. The van der Waals surface area contributed by atoms with Crippen molar-refractivity contribution in [2.45, 2.75) is 0 Å². The van der Waals surface area contributed by atoms with E-state index in [2.05, 4.69) is 4.98 Å². The molecule has 0 unspecified atom stereocenters. The van der Waals surface area contributed by atoms with Gasteiger partial charge in [0.2, 0.25) is 5.75 Å². The Morgan fingerprint density at radius 3 is 2.38 bits per heavy atom. The molecule has 0 saturated carbocycles. The number of hydrogen-bond donors (Lipinski definition) is 2. The van der Waals surface area contributed by atoms with Crippen LogP contribution in [0.25, 0.3) is 12.2 Å². The molecule has 1 aromatic carbocycles. The van der Waals surface area contributed by atoms with E-state index in [9.17, 15) is 29.8 Å². The fraction of sp³-hybridized carbons (Fsp3) is 0.0769. The summed E-state index contributed by atoms with van der Waals surface area (Å²) in [6.45, 7) is 0. The predicted molar refractivity (Wildman–Crippen MR) is 82.9 cm³/mol. The summed E-state index contributed by atoms with van der Waals surface area (Å²) in [6, 6.07) is 4.10. The minimum Gasteiger partial charge on any atom is -0.490 e. The number of nitrogens with zero attached hydrogens (tertiary/aromatic N) is 2. The van der Waals surface area contributed by atoms with Gasteiger partial charge in [0.15, 0.2) is 0 Å². The summed E-state index contributed by atoms with van der Waals surface area (Å²) in [7, 11) is 1.23. The number of nitro benzene ring substituents is 1. The fourth-order valence-electron chi connectivity index (χ4n) is 2.01. The highest BCUT2D eigenvalue weighted by Crippen LogP contribution is 2.31. The van der Waals surface area contributed by atoms with E-state index in [1.807, 2.05) is 0 Å². The van der Waals surface area contributed by atoms with Gasteiger partial charge in [0.05, 0.1) is 17.0 Å². The van der Waals surface area contributed by atoms with Crippen LogP contribution in [-0.4, -0.2) is 26.9 Å². The molecule has 2 rings (SSSR count). The van der Waals surface area contributed by atoms with Crippen molar-refractivity contribution in [3.05, 3.63) is 70.5 Å². The van der Waals surface area contributed by atoms with Crippen molar-refractivity contribution in [1.29, 1.82) is 0 Å². The van der Waals surface area contributed by atoms with Crippen molar-refractivity contribution in [2.24, 2.45) is 0 Å². The van der Waals surface area contributed by atoms with E-state index >= 15 is 0 Å². The van der Waals surface area contributed by atoms with Crippen molar-refractivity contribution < 1.29 is 14.6 Å². The fourth-order valence-corrected chi connectivity index (χ4v) is 2.01. The molecule has 0 radical (unpaired) electrons. The number of hydrogen-bond acceptors (Lipinski definition) is 7. The lowest BCUT2D eigenvalue weighted by atomic mass is 10.1. The number of aromatic amines is 2. The van der Waals surface area contributed by atoms with Crippen molar-refractivity contribution in [3.8, 4) is 5.75 Å². The second kappa shape index (κ2) is 6.56. The van der Waals surface area contributed by atoms with Gasteiger partial charge in [-0.15, -0.1) is 0 Å². The molecule has 11 nitrogen and oxygen atoms in total. The zero-order chi connectivity index (χ0) is 17.9. The molecule has 0 amide bonds. The highest BCUT2D eigenvalue weighted by Gasteiger charge is 2.20. The normalized spacial score (nSPS) is 10.7. The molecule has 0 aliphatic rings. The van der Waals surface area contributed by atoms with Crippen LogP contribution in [0.1, 0.15) is 11.3 Å². The number of methoxy groups -OCH3 is 1. The number of rotatable bonds is 5. The van der Waals surface area contributed by atoms with Gasteiger partial charge in [-0.3, -0.25) is 30.0 Å². The summed E-state index contributed by atoms with van der Waals surface area (Å²) >= 11 is 0. The SMILES string of the molecule is COc1c(/C=C/c2[nH]c(=O)[nH]c(=O)c2[N+](=O)[O-])cccc1[N+](=O)[O-]. The standard InChI is InChI=1S/C13H10N4O7/c1-24-11-7(3-2-4-9(11)16(20)21)5-6-8-10(17(22)23)12(18)15-13(19)14-8/h2-6H,1H3,(H2,14,15,18,19)/b6-5+. The number of nitrogens with one attached hydrogen (secondary N) is 2. The maximum absolute atomic E-state index is 11.5. The largest absolute Gasteiger partial charge is 0.490 e. The lowest BCUT2D eigenvalue weighted by molar-refractivity contribution is -0.386. The van der Waals surface area contributed by atoms with Crippen LogP contribution in [0.15, 0.2) is 27.8 Å². The first-order valence-electron chi connectivity index (χ1n) is 6.35. The zero-order valence-electron chi connectivity index (χ0n) is 12.1. The predicted octanol–water partition coefficient (Wildman–Crippen LogP) is 1.06. The lowest BCUT2D eigenvalue weighted by Crippen LogP contribution is -2.25. The molecule has 24 heavy (non-hydrogen) atoms. The minimum atomic E-state index is -1.16. The molecule has 1 heterocycles. The zero-order valence-corrected chi connectivity index (χ0v) is 12.1. The molecule has 2 aromatic rings. The van der Waals surface area contributed by atoms with E-state index in [0.29, 0.717) is 0 Å². The van der Waals surface area contributed by atoms with Crippen LogP contribution < -0.4 is 16.0 Å². The summed E-state index contributed by atoms with van der Waals surface area (Å²) in [5.41, 5.74) is -3.33. The van der Waals surface area contributed by atoms with Crippen LogP contribution in [0.4, 0.5) is 11.4 Å². The first-order chi connectivity index (χ1) is 11.3. The van der Waals surface area contributed by atoms with Gasteiger partial charge in [0, 0.05) is 11.6 Å². The van der Waals surface area contributed by atoms with Crippen LogP contribution in [0, 0.1) is 20.2 Å². The third-order valence-electron chi connectivity index (χ3n) is 2.98. The Bertz CT molecular complexity index is 958. The highest BCUT2D eigenvalue weighted by atomic mass is 16.6. The molecule has 2 N–H and O–H groups in total. The first kappa shape index (κ1) is 16.6. The molecule has 0 aliphatic heterocycles. The van der Waals surface area contributed by atoms with E-state index < -0.39 is 26.8 Å². The van der Waals surface area contributed by atoms with Gasteiger partial charge in [0.1, 0.15) is 5.69 Å². The van der Waals surface area contributed by atoms with Crippen molar-refractivity contribution >= 4 is 23.5 Å². The van der Waals surface area contributed by atoms with E-state index in [-0.39, 0.29) is 22.7 Å². The number of para-hydroxylation sites is 1. The van der Waals surface area contributed by atoms with E-state index in [4.69, 9.17) is 4.74 Å². The van der Waals surface area contributed by atoms with Gasteiger partial charge in [-0.05, 0) is 12.2 Å². The highest BCUT2D eigenvalue weighted by molar-refractivity contribution is 5.76. The molecule has 0 spiro atoms. The molecule has 0 fully saturated rings. The average Bonchev–Trinajstić information content (AvgIpc) is 2.51. The van der Waals surface area contributed by atoms with Gasteiger partial charge in [-0.25, -0.2) is 4.79 Å². The number of ether oxygens (including phenoxy) is 1. The molecule has 11 heteroatoms. The van der Waals surface area contributed by atoms with Crippen LogP contribution >= 0.6 is 0 Å². The maximum Gasteiger partial charge on any atom is 0.357 e. The molecule has 0 saturated heterocycles. The molecule has 0 atom stereocenters. The smallest absolute Gasteiger partial charge is 0.357 e. The Balaban J connectivity index is 2.60. The van der Waals surface area contributed by atoms with E-state index in [1.54, 1.807) is 4.98 Å². The number of nitro groups is 2. The van der Waals surface area contributed by atoms with Gasteiger partial charge in [-0.1, -0.05) is 12.1 Å². The minimum absolute atomic E-state index is 0.0615. The van der Waals surface area contributed by atoms with Crippen molar-refractivity contribution in [2.75, 3.05) is 7.11 Å². The number of aromatic nitrogens is 2. The molecule has 1 aromatic heterocycles. The number of H-pyrrole nitrogens is 2. The Labute approximate surface area is 132 Å². The Kier molecular flexibility index (Phi) is 4.54. The Morgan fingerprint density at radius 1 is 1.08 bits per heavy atom. The van der Waals surface area contributed by atoms with Crippen LogP contribution in [-0.2, 0) is 0 Å². The van der Waals surface area contributed by atoms with Crippen molar-refractivity contribution in [1.82, 2.24) is 9.97 Å². The molecule has 0 bridgehead atoms. The number of benzene rings is 1. The summed E-state index contributed by atoms with van der Waals surface area (Å²) < 4.78 is 4.98. The molecular weight excluding hydrogens is 324 g/mol. The molecule has 124 valence electrons. The van der Waals surface area contributed by atoms with Gasteiger partial charge < -0.3 is 9.72 Å². The average molecular weight is 334 g/mol. The molecular formula is C13H10N4O7. The van der Waals surface area contributed by atoms with Crippen LogP contribution in [0.5, 0.6) is 5.75 Å². The van der Waals surface area contributed by atoms with Crippen molar-refractivity contribution in [3.63, 3.8) is 0 Å². The monoisotopic (exact) mass is 334 g/mol. The molecule has 0 aliphatic carbocycles. The summed E-state index contributed by atoms with van der Waals surface area (Å²) in [6.07, 6.45) is 2.35. The quantitative estimate of drug-likeness (QED) is 0.610. The van der Waals surface area contributed by atoms with Crippen LogP contribution in [0.2, 0.25) is 0 Å². The van der Waals surface area contributed by atoms with Gasteiger partial charge >= 0.3 is 22.6 Å². The van der Waals surface area contributed by atoms with E-state index in [1.165, 1.54) is 31.4 Å². The topological polar surface area (TPSA) is 161 Å².